The molecule has 0 saturated heterocycles. The number of rotatable bonds is 5. The normalized spacial score (nSPS) is 16.3. The standard InChI is InChI=1S/C21H19NO4/c1-25-13-7-12-22-18(14-8-3-2-4-9-14)17-19(23)15-10-5-6-11-16(15)26-20(17)21(22)24/h2-6,8-11,18H,7,12-13H2,1H3/t18-/m0/s1. The molecule has 1 aromatic heterocycles. The molecule has 4 rings (SSSR count). The number of fused-ring (bicyclic) bond motifs is 2. The first-order chi connectivity index (χ1) is 12.7. The molecule has 0 aliphatic carbocycles. The Hall–Kier alpha value is -2.92. The molecule has 26 heavy (non-hydrogen) atoms. The molecule has 0 radical (unpaired) electrons. The first-order valence-corrected chi connectivity index (χ1v) is 8.63. The van der Waals surface area contributed by atoms with E-state index in [1.807, 2.05) is 30.3 Å². The minimum absolute atomic E-state index is 0.140. The lowest BCUT2D eigenvalue weighted by Gasteiger charge is -2.25. The van der Waals surface area contributed by atoms with Gasteiger partial charge < -0.3 is 14.1 Å². The van der Waals surface area contributed by atoms with Crippen molar-refractivity contribution in [3.8, 4) is 0 Å². The predicted molar refractivity (Wildman–Crippen MR) is 98.3 cm³/mol. The summed E-state index contributed by atoms with van der Waals surface area (Å²) in [5.74, 6) is -0.0900. The van der Waals surface area contributed by atoms with Gasteiger partial charge in [0.15, 0.2) is 5.43 Å². The van der Waals surface area contributed by atoms with Gasteiger partial charge >= 0.3 is 0 Å². The van der Waals surface area contributed by atoms with Crippen LogP contribution in [0.4, 0.5) is 0 Å². The number of hydrogen-bond acceptors (Lipinski definition) is 4. The van der Waals surface area contributed by atoms with Gasteiger partial charge in [-0.05, 0) is 24.1 Å². The third-order valence-electron chi connectivity index (χ3n) is 4.74. The average Bonchev–Trinajstić information content (AvgIpc) is 2.96. The summed E-state index contributed by atoms with van der Waals surface area (Å²) in [5, 5.41) is 0.499. The summed E-state index contributed by atoms with van der Waals surface area (Å²) in [6, 6.07) is 16.2. The topological polar surface area (TPSA) is 59.8 Å². The van der Waals surface area contributed by atoms with E-state index in [9.17, 15) is 9.59 Å². The van der Waals surface area contributed by atoms with Crippen LogP contribution in [0.2, 0.25) is 0 Å². The van der Waals surface area contributed by atoms with Crippen LogP contribution < -0.4 is 5.43 Å². The highest BCUT2D eigenvalue weighted by Crippen LogP contribution is 2.37. The molecule has 0 saturated carbocycles. The Balaban J connectivity index is 1.90. The molecular weight excluding hydrogens is 330 g/mol. The Bertz CT molecular complexity index is 1010. The van der Waals surface area contributed by atoms with Crippen molar-refractivity contribution in [1.29, 1.82) is 0 Å². The van der Waals surface area contributed by atoms with E-state index in [1.165, 1.54) is 0 Å². The van der Waals surface area contributed by atoms with Crippen molar-refractivity contribution in [2.45, 2.75) is 12.5 Å². The zero-order chi connectivity index (χ0) is 18.1. The maximum Gasteiger partial charge on any atom is 0.290 e. The summed E-state index contributed by atoms with van der Waals surface area (Å²) in [4.78, 5) is 27.9. The molecule has 1 amide bonds. The molecule has 1 aliphatic heterocycles. The van der Waals surface area contributed by atoms with Gasteiger partial charge in [-0.25, -0.2) is 0 Å². The molecule has 5 nitrogen and oxygen atoms in total. The van der Waals surface area contributed by atoms with E-state index in [0.717, 1.165) is 5.56 Å². The van der Waals surface area contributed by atoms with Crippen LogP contribution >= 0.6 is 0 Å². The van der Waals surface area contributed by atoms with Crippen LogP contribution in [0.1, 0.15) is 34.1 Å². The van der Waals surface area contributed by atoms with Crippen LogP contribution in [0, 0.1) is 0 Å². The fourth-order valence-electron chi connectivity index (χ4n) is 3.56. The van der Waals surface area contributed by atoms with Gasteiger partial charge in [0, 0.05) is 20.3 Å². The smallest absolute Gasteiger partial charge is 0.290 e. The number of carbonyl (C=O) groups excluding carboxylic acids is 1. The number of nitrogens with zero attached hydrogens (tertiary/aromatic N) is 1. The van der Waals surface area contributed by atoms with E-state index >= 15 is 0 Å². The van der Waals surface area contributed by atoms with Crippen LogP contribution in [-0.2, 0) is 4.74 Å². The summed E-state index contributed by atoms with van der Waals surface area (Å²) in [7, 11) is 1.63. The molecular formula is C21H19NO4. The molecule has 0 N–H and O–H groups in total. The molecule has 2 heterocycles. The minimum atomic E-state index is -0.434. The van der Waals surface area contributed by atoms with Crippen LogP contribution in [-0.4, -0.2) is 31.1 Å². The molecule has 0 unspecified atom stereocenters. The van der Waals surface area contributed by atoms with Crippen molar-refractivity contribution in [3.63, 3.8) is 0 Å². The molecule has 3 aromatic rings. The van der Waals surface area contributed by atoms with Crippen molar-refractivity contribution in [3.05, 3.63) is 81.7 Å². The lowest BCUT2D eigenvalue weighted by atomic mass is 9.98. The average molecular weight is 349 g/mol. The summed E-state index contributed by atoms with van der Waals surface area (Å²) < 4.78 is 11.0. The third-order valence-corrected chi connectivity index (χ3v) is 4.74. The van der Waals surface area contributed by atoms with Gasteiger partial charge in [0.1, 0.15) is 5.58 Å². The summed E-state index contributed by atoms with van der Waals surface area (Å²) in [6.07, 6.45) is 0.688. The quantitative estimate of drug-likeness (QED) is 0.663. The Labute approximate surface area is 150 Å². The second-order valence-electron chi connectivity index (χ2n) is 6.33. The van der Waals surface area contributed by atoms with Gasteiger partial charge in [-0.2, -0.15) is 0 Å². The number of para-hydroxylation sites is 1. The third kappa shape index (κ3) is 2.61. The Morgan fingerprint density at radius 1 is 1.04 bits per heavy atom. The molecule has 0 spiro atoms. The number of carbonyl (C=O) groups is 1. The first kappa shape index (κ1) is 16.5. The molecule has 1 atom stereocenters. The van der Waals surface area contributed by atoms with Crippen LogP contribution in [0.25, 0.3) is 11.0 Å². The van der Waals surface area contributed by atoms with Crippen LogP contribution in [0.3, 0.4) is 0 Å². The van der Waals surface area contributed by atoms with Crippen molar-refractivity contribution in [2.24, 2.45) is 0 Å². The van der Waals surface area contributed by atoms with Gasteiger partial charge in [-0.15, -0.1) is 0 Å². The molecule has 132 valence electrons. The van der Waals surface area contributed by atoms with Crippen molar-refractivity contribution >= 4 is 16.9 Å². The molecule has 1 aliphatic rings. The summed E-state index contributed by atoms with van der Waals surface area (Å²) in [5.41, 5.74) is 1.63. The molecule has 5 heteroatoms. The zero-order valence-corrected chi connectivity index (χ0v) is 14.5. The molecule has 2 aromatic carbocycles. The van der Waals surface area contributed by atoms with E-state index < -0.39 is 6.04 Å². The van der Waals surface area contributed by atoms with Crippen molar-refractivity contribution < 1.29 is 13.9 Å². The first-order valence-electron chi connectivity index (χ1n) is 8.63. The second-order valence-corrected chi connectivity index (χ2v) is 6.33. The van der Waals surface area contributed by atoms with Gasteiger partial charge in [0.05, 0.1) is 17.0 Å². The van der Waals surface area contributed by atoms with Gasteiger partial charge in [-0.1, -0.05) is 42.5 Å². The summed E-state index contributed by atoms with van der Waals surface area (Å²) >= 11 is 0. The van der Waals surface area contributed by atoms with E-state index in [-0.39, 0.29) is 17.1 Å². The highest BCUT2D eigenvalue weighted by molar-refractivity contribution is 5.99. The van der Waals surface area contributed by atoms with E-state index in [1.54, 1.807) is 36.3 Å². The number of methoxy groups -OCH3 is 1. The van der Waals surface area contributed by atoms with E-state index in [4.69, 9.17) is 9.15 Å². The second kappa shape index (κ2) is 6.77. The Kier molecular flexibility index (Phi) is 4.31. The monoisotopic (exact) mass is 349 g/mol. The molecule has 0 bridgehead atoms. The van der Waals surface area contributed by atoms with Crippen LogP contribution in [0.15, 0.2) is 63.8 Å². The zero-order valence-electron chi connectivity index (χ0n) is 14.5. The highest BCUT2D eigenvalue weighted by atomic mass is 16.5. The maximum absolute atomic E-state index is 13.2. The van der Waals surface area contributed by atoms with E-state index in [2.05, 4.69) is 0 Å². The largest absolute Gasteiger partial charge is 0.450 e. The number of ether oxygens (including phenoxy) is 1. The number of hydrogen-bond donors (Lipinski definition) is 0. The van der Waals surface area contributed by atoms with Gasteiger partial charge in [0.2, 0.25) is 5.76 Å². The SMILES string of the molecule is COCCCN1C(=O)c2oc3ccccc3c(=O)c2[C@@H]1c1ccccc1. The molecule has 0 fully saturated rings. The fraction of sp³-hybridized carbons (Fsp3) is 0.238. The number of benzene rings is 2. The minimum Gasteiger partial charge on any atom is -0.450 e. The van der Waals surface area contributed by atoms with Gasteiger partial charge in [-0.3, -0.25) is 9.59 Å². The Morgan fingerprint density at radius 2 is 1.77 bits per heavy atom. The van der Waals surface area contributed by atoms with Crippen LogP contribution in [0.5, 0.6) is 0 Å². The lowest BCUT2D eigenvalue weighted by Crippen LogP contribution is -2.31. The summed E-state index contributed by atoms with van der Waals surface area (Å²) in [6.45, 7) is 1.04. The van der Waals surface area contributed by atoms with Crippen molar-refractivity contribution in [2.75, 3.05) is 20.3 Å². The van der Waals surface area contributed by atoms with Crippen molar-refractivity contribution in [1.82, 2.24) is 4.90 Å². The van der Waals surface area contributed by atoms with Gasteiger partial charge in [0.25, 0.3) is 5.91 Å². The highest BCUT2D eigenvalue weighted by Gasteiger charge is 2.42. The lowest BCUT2D eigenvalue weighted by molar-refractivity contribution is 0.0708. The number of amides is 1. The maximum atomic E-state index is 13.2. The van der Waals surface area contributed by atoms with E-state index in [0.29, 0.717) is 36.1 Å². The Morgan fingerprint density at radius 3 is 2.54 bits per heavy atom. The fourth-order valence-corrected chi connectivity index (χ4v) is 3.56. The predicted octanol–water partition coefficient (Wildman–Crippen LogP) is 3.37.